The second-order valence-electron chi connectivity index (χ2n) is 3.35. The number of nitrogen functional groups attached to an aromatic ring is 1. The van der Waals surface area contributed by atoms with Crippen LogP contribution in [0.3, 0.4) is 0 Å². The minimum Gasteiger partial charge on any atom is -0.469 e. The van der Waals surface area contributed by atoms with Gasteiger partial charge in [0.05, 0.1) is 12.0 Å². The predicted molar refractivity (Wildman–Crippen MR) is 58.7 cm³/mol. The van der Waals surface area contributed by atoms with Crippen molar-refractivity contribution >= 4 is 17.5 Å². The first kappa shape index (κ1) is 10.1. The van der Waals surface area contributed by atoms with Crippen molar-refractivity contribution in [3.05, 3.63) is 35.0 Å². The molecule has 5 heteroatoms. The smallest absolute Gasteiger partial charge is 0.201 e. The van der Waals surface area contributed by atoms with Crippen LogP contribution in [0.25, 0.3) is 0 Å². The molecule has 2 aromatic rings. The summed E-state index contributed by atoms with van der Waals surface area (Å²) in [5.74, 6) is 1.37. The lowest BCUT2D eigenvalue weighted by atomic mass is 10.2. The highest BCUT2D eigenvalue weighted by Gasteiger charge is 2.10. The van der Waals surface area contributed by atoms with Gasteiger partial charge in [-0.2, -0.15) is 0 Å². The Morgan fingerprint density at radius 2 is 2.33 bits per heavy atom. The number of hydrogen-bond donors (Lipinski definition) is 1. The Kier molecular flexibility index (Phi) is 2.68. The molecule has 4 nitrogen and oxygen atoms in total. The van der Waals surface area contributed by atoms with E-state index in [1.54, 1.807) is 17.9 Å². The van der Waals surface area contributed by atoms with Crippen molar-refractivity contribution < 1.29 is 4.42 Å². The van der Waals surface area contributed by atoms with E-state index >= 15 is 0 Å². The number of rotatable bonds is 3. The summed E-state index contributed by atoms with van der Waals surface area (Å²) in [6.45, 7) is 0. The summed E-state index contributed by atoms with van der Waals surface area (Å²) >= 11 is 6.04. The van der Waals surface area contributed by atoms with E-state index < -0.39 is 0 Å². The number of nitrogens with two attached hydrogens (primary N) is 1. The van der Waals surface area contributed by atoms with Gasteiger partial charge >= 0.3 is 0 Å². The molecule has 0 radical (unpaired) electrons. The van der Waals surface area contributed by atoms with Gasteiger partial charge in [-0.15, -0.1) is 0 Å². The third-order valence-electron chi connectivity index (χ3n) is 2.31. The van der Waals surface area contributed by atoms with Crippen molar-refractivity contribution in [1.82, 2.24) is 9.55 Å². The Bertz CT molecular complexity index is 447. The molecule has 0 aliphatic carbocycles. The zero-order chi connectivity index (χ0) is 10.8. The molecule has 0 amide bonds. The molecule has 0 saturated carbocycles. The van der Waals surface area contributed by atoms with Crippen molar-refractivity contribution in [2.24, 2.45) is 7.05 Å². The number of furan rings is 1. The highest BCUT2D eigenvalue weighted by molar-refractivity contribution is 6.30. The average molecular weight is 226 g/mol. The lowest BCUT2D eigenvalue weighted by Crippen LogP contribution is -1.96. The van der Waals surface area contributed by atoms with E-state index in [1.165, 1.54) is 0 Å². The number of imidazole rings is 1. The van der Waals surface area contributed by atoms with Crippen LogP contribution in [0.1, 0.15) is 11.5 Å². The fraction of sp³-hybridized carbons (Fsp3) is 0.300. The van der Waals surface area contributed by atoms with E-state index in [2.05, 4.69) is 4.98 Å². The molecule has 0 spiro atoms. The largest absolute Gasteiger partial charge is 0.469 e. The van der Waals surface area contributed by atoms with Gasteiger partial charge in [-0.25, -0.2) is 4.98 Å². The summed E-state index contributed by atoms with van der Waals surface area (Å²) in [5, 5.41) is 0.596. The molecule has 0 unspecified atom stereocenters. The lowest BCUT2D eigenvalue weighted by Gasteiger charge is -1.96. The summed E-state index contributed by atoms with van der Waals surface area (Å²) in [4.78, 5) is 4.18. The van der Waals surface area contributed by atoms with E-state index in [0.29, 0.717) is 11.1 Å². The van der Waals surface area contributed by atoms with Crippen LogP contribution in [0.15, 0.2) is 22.8 Å². The Balaban J connectivity index is 2.08. The first-order chi connectivity index (χ1) is 7.18. The highest BCUT2D eigenvalue weighted by Crippen LogP contribution is 2.19. The second kappa shape index (κ2) is 3.98. The van der Waals surface area contributed by atoms with E-state index in [9.17, 15) is 0 Å². The van der Waals surface area contributed by atoms with E-state index in [0.717, 1.165) is 24.3 Å². The van der Waals surface area contributed by atoms with Gasteiger partial charge in [0, 0.05) is 13.5 Å². The number of hydrogen-bond acceptors (Lipinski definition) is 3. The van der Waals surface area contributed by atoms with Crippen LogP contribution < -0.4 is 5.73 Å². The summed E-state index contributed by atoms with van der Waals surface area (Å²) in [6.07, 6.45) is 3.17. The van der Waals surface area contributed by atoms with E-state index in [1.807, 2.05) is 12.1 Å². The van der Waals surface area contributed by atoms with Crippen LogP contribution in [0, 0.1) is 0 Å². The Morgan fingerprint density at radius 3 is 2.87 bits per heavy atom. The molecular formula is C10H12ClN3O. The van der Waals surface area contributed by atoms with Crippen LogP contribution in [0.5, 0.6) is 0 Å². The zero-order valence-electron chi connectivity index (χ0n) is 8.40. The molecule has 0 aliphatic heterocycles. The first-order valence-electron chi connectivity index (χ1n) is 4.67. The van der Waals surface area contributed by atoms with E-state index in [4.69, 9.17) is 21.8 Å². The van der Waals surface area contributed by atoms with Crippen LogP contribution in [0.2, 0.25) is 5.15 Å². The molecule has 0 bridgehead atoms. The van der Waals surface area contributed by atoms with Crippen molar-refractivity contribution in [3.8, 4) is 0 Å². The standard InChI is InChI=1S/C10H12ClN3O/c1-14-9(11)8(13-10(14)12)5-4-7-3-2-6-15-7/h2-3,6H,4-5H2,1H3,(H2,12,13). The average Bonchev–Trinajstić information content (AvgIpc) is 2.80. The molecule has 0 aromatic carbocycles. The molecule has 80 valence electrons. The van der Waals surface area contributed by atoms with E-state index in [-0.39, 0.29) is 0 Å². The molecular weight excluding hydrogens is 214 g/mol. The van der Waals surface area contributed by atoms with Crippen LogP contribution in [-0.2, 0) is 19.9 Å². The molecule has 0 fully saturated rings. The van der Waals surface area contributed by atoms with Gasteiger partial charge in [0.15, 0.2) is 0 Å². The molecule has 2 heterocycles. The Labute approximate surface area is 92.7 Å². The minimum atomic E-state index is 0.439. The van der Waals surface area contributed by atoms with Crippen LogP contribution in [0.4, 0.5) is 5.95 Å². The monoisotopic (exact) mass is 225 g/mol. The zero-order valence-corrected chi connectivity index (χ0v) is 9.16. The third kappa shape index (κ3) is 1.99. The molecule has 2 aromatic heterocycles. The first-order valence-corrected chi connectivity index (χ1v) is 5.05. The van der Waals surface area contributed by atoms with Crippen molar-refractivity contribution in [1.29, 1.82) is 0 Å². The van der Waals surface area contributed by atoms with Gasteiger partial charge in [-0.3, -0.25) is 0 Å². The molecule has 15 heavy (non-hydrogen) atoms. The number of aryl methyl sites for hydroxylation is 2. The van der Waals surface area contributed by atoms with Gasteiger partial charge in [0.1, 0.15) is 10.9 Å². The molecule has 0 saturated heterocycles. The van der Waals surface area contributed by atoms with Crippen molar-refractivity contribution in [2.45, 2.75) is 12.8 Å². The number of anilines is 1. The van der Waals surface area contributed by atoms with Gasteiger partial charge in [-0.1, -0.05) is 11.6 Å². The lowest BCUT2D eigenvalue weighted by molar-refractivity contribution is 0.507. The van der Waals surface area contributed by atoms with Crippen LogP contribution in [-0.4, -0.2) is 9.55 Å². The summed E-state index contributed by atoms with van der Waals surface area (Å²) in [7, 11) is 1.79. The maximum atomic E-state index is 6.04. The number of aromatic nitrogens is 2. The summed E-state index contributed by atoms with van der Waals surface area (Å²) in [6, 6.07) is 3.80. The number of nitrogens with zero attached hydrogens (tertiary/aromatic N) is 2. The third-order valence-corrected chi connectivity index (χ3v) is 2.79. The topological polar surface area (TPSA) is 57.0 Å². The fourth-order valence-electron chi connectivity index (χ4n) is 1.41. The van der Waals surface area contributed by atoms with Gasteiger partial charge < -0.3 is 14.7 Å². The second-order valence-corrected chi connectivity index (χ2v) is 3.70. The summed E-state index contributed by atoms with van der Waals surface area (Å²) in [5.41, 5.74) is 6.45. The van der Waals surface area contributed by atoms with Crippen LogP contribution >= 0.6 is 11.6 Å². The SMILES string of the molecule is Cn1c(N)nc(CCc2ccco2)c1Cl. The molecule has 2 rings (SSSR count). The molecule has 0 aliphatic rings. The molecule has 0 atom stereocenters. The van der Waals surface area contributed by atoms with Crippen molar-refractivity contribution in [2.75, 3.05) is 5.73 Å². The maximum absolute atomic E-state index is 6.04. The molecule has 2 N–H and O–H groups in total. The highest BCUT2D eigenvalue weighted by atomic mass is 35.5. The van der Waals surface area contributed by atoms with Crippen molar-refractivity contribution in [3.63, 3.8) is 0 Å². The Hall–Kier alpha value is -1.42. The maximum Gasteiger partial charge on any atom is 0.201 e. The quantitative estimate of drug-likeness (QED) is 0.870. The van der Waals surface area contributed by atoms with Gasteiger partial charge in [0.25, 0.3) is 0 Å². The van der Waals surface area contributed by atoms with Gasteiger partial charge in [-0.05, 0) is 18.6 Å². The van der Waals surface area contributed by atoms with Gasteiger partial charge in [0.2, 0.25) is 5.95 Å². The number of halogens is 1. The fourth-order valence-corrected chi connectivity index (χ4v) is 1.63. The predicted octanol–water partition coefficient (Wildman–Crippen LogP) is 2.03. The minimum absolute atomic E-state index is 0.439. The normalized spacial score (nSPS) is 10.8. The Morgan fingerprint density at radius 1 is 1.53 bits per heavy atom. The summed E-state index contributed by atoms with van der Waals surface area (Å²) < 4.78 is 6.89.